The van der Waals surface area contributed by atoms with Gasteiger partial charge in [-0.3, -0.25) is 0 Å². The first-order chi connectivity index (χ1) is 9.31. The summed E-state index contributed by atoms with van der Waals surface area (Å²) in [5.74, 6) is 0.561. The van der Waals surface area contributed by atoms with Crippen LogP contribution in [0.25, 0.3) is 10.4 Å². The van der Waals surface area contributed by atoms with Crippen molar-refractivity contribution < 1.29 is 0 Å². The molecule has 0 radical (unpaired) electrons. The molecule has 0 unspecified atom stereocenters. The average molecular weight is 268 g/mol. The van der Waals surface area contributed by atoms with E-state index >= 15 is 0 Å². The summed E-state index contributed by atoms with van der Waals surface area (Å²) in [5.41, 5.74) is 8.33. The van der Waals surface area contributed by atoms with Gasteiger partial charge in [0.15, 0.2) is 0 Å². The minimum atomic E-state index is 0.561. The Balaban J connectivity index is 1.80. The maximum atomic E-state index is 5.72. The van der Waals surface area contributed by atoms with Gasteiger partial charge >= 0.3 is 0 Å². The fraction of sp³-hybridized carbons (Fsp3) is 0. The van der Waals surface area contributed by atoms with Crippen molar-refractivity contribution in [1.29, 1.82) is 0 Å². The Labute approximate surface area is 115 Å². The van der Waals surface area contributed by atoms with Crippen LogP contribution in [0.2, 0.25) is 0 Å². The van der Waals surface area contributed by atoms with Gasteiger partial charge in [0.05, 0.1) is 0 Å². The zero-order valence-electron chi connectivity index (χ0n) is 10.1. The van der Waals surface area contributed by atoms with Crippen LogP contribution >= 0.6 is 11.3 Å². The van der Waals surface area contributed by atoms with E-state index in [9.17, 15) is 0 Å². The molecular weight excluding hydrogens is 256 g/mol. The molecule has 0 fully saturated rings. The molecule has 3 N–H and O–H groups in total. The molecule has 0 atom stereocenters. The molecule has 0 saturated carbocycles. The number of nitrogens with zero attached hydrogens (tertiary/aromatic N) is 2. The van der Waals surface area contributed by atoms with Crippen LogP contribution in [0.1, 0.15) is 0 Å². The lowest BCUT2D eigenvalue weighted by Gasteiger charge is -2.05. The Morgan fingerprint density at radius 1 is 1.05 bits per heavy atom. The van der Waals surface area contributed by atoms with E-state index in [4.69, 9.17) is 5.73 Å². The maximum Gasteiger partial charge on any atom is 0.227 e. The van der Waals surface area contributed by atoms with Gasteiger partial charge in [-0.25, -0.2) is 9.97 Å². The number of thiophene rings is 1. The smallest absolute Gasteiger partial charge is 0.227 e. The Morgan fingerprint density at radius 2 is 1.89 bits per heavy atom. The van der Waals surface area contributed by atoms with Crippen LogP contribution < -0.4 is 11.1 Å². The molecule has 4 nitrogen and oxygen atoms in total. The zero-order valence-corrected chi connectivity index (χ0v) is 10.9. The summed E-state index contributed by atoms with van der Waals surface area (Å²) in [7, 11) is 0. The number of nitrogens with two attached hydrogens (primary N) is 1. The summed E-state index contributed by atoms with van der Waals surface area (Å²) in [6, 6.07) is 11.6. The second kappa shape index (κ2) is 5.07. The molecule has 2 heterocycles. The Bertz CT molecular complexity index is 662. The van der Waals surface area contributed by atoms with Crippen molar-refractivity contribution in [3.63, 3.8) is 0 Å². The quantitative estimate of drug-likeness (QED) is 0.713. The normalized spacial score (nSPS) is 10.3. The Morgan fingerprint density at radius 3 is 2.58 bits per heavy atom. The van der Waals surface area contributed by atoms with Gasteiger partial charge in [-0.2, -0.15) is 0 Å². The topological polar surface area (TPSA) is 63.8 Å². The van der Waals surface area contributed by atoms with Crippen molar-refractivity contribution in [1.82, 2.24) is 9.97 Å². The van der Waals surface area contributed by atoms with Crippen molar-refractivity contribution in [3.8, 4) is 10.4 Å². The molecule has 0 aliphatic rings. The van der Waals surface area contributed by atoms with Gasteiger partial charge in [-0.15, -0.1) is 11.3 Å². The fourth-order valence-electron chi connectivity index (χ4n) is 1.71. The number of nitrogen functional groups attached to an aromatic ring is 1. The van der Waals surface area contributed by atoms with Gasteiger partial charge in [0.1, 0.15) is 0 Å². The minimum Gasteiger partial charge on any atom is -0.399 e. The molecule has 19 heavy (non-hydrogen) atoms. The van der Waals surface area contributed by atoms with E-state index in [1.165, 1.54) is 0 Å². The second-order valence-corrected chi connectivity index (χ2v) is 4.97. The zero-order chi connectivity index (χ0) is 13.1. The van der Waals surface area contributed by atoms with Crippen LogP contribution in [0.3, 0.4) is 0 Å². The van der Waals surface area contributed by atoms with Crippen molar-refractivity contribution >= 4 is 28.7 Å². The molecule has 0 aliphatic heterocycles. The summed E-state index contributed by atoms with van der Waals surface area (Å²) in [4.78, 5) is 9.77. The highest BCUT2D eigenvalue weighted by atomic mass is 32.1. The van der Waals surface area contributed by atoms with Crippen LogP contribution in [-0.4, -0.2) is 9.97 Å². The Hall–Kier alpha value is -2.40. The molecule has 0 amide bonds. The summed E-state index contributed by atoms with van der Waals surface area (Å²) in [6.07, 6.45) is 3.63. The molecule has 2 aromatic heterocycles. The van der Waals surface area contributed by atoms with Crippen molar-refractivity contribution in [2.45, 2.75) is 0 Å². The third-order valence-corrected chi connectivity index (χ3v) is 3.52. The van der Waals surface area contributed by atoms with Crippen molar-refractivity contribution in [2.75, 3.05) is 11.1 Å². The molecular formula is C14H12N4S. The highest BCUT2D eigenvalue weighted by molar-refractivity contribution is 7.13. The molecule has 3 aromatic rings. The summed E-state index contributed by atoms with van der Waals surface area (Å²) in [5, 5.41) is 5.15. The molecule has 0 aliphatic carbocycles. The first kappa shape index (κ1) is 11.7. The highest BCUT2D eigenvalue weighted by Crippen LogP contribution is 2.24. The molecule has 94 valence electrons. The summed E-state index contributed by atoms with van der Waals surface area (Å²) < 4.78 is 0. The first-order valence-corrected chi connectivity index (χ1v) is 6.68. The van der Waals surface area contributed by atoms with E-state index in [0.29, 0.717) is 11.6 Å². The first-order valence-electron chi connectivity index (χ1n) is 5.80. The van der Waals surface area contributed by atoms with Crippen molar-refractivity contribution in [2.24, 2.45) is 0 Å². The van der Waals surface area contributed by atoms with Gasteiger partial charge in [0.25, 0.3) is 0 Å². The van der Waals surface area contributed by atoms with Gasteiger partial charge in [-0.05, 0) is 29.6 Å². The molecule has 0 spiro atoms. The SMILES string of the molecule is Nc1cccc(Nc2ncc(-c3cccs3)cn2)c1. The number of nitrogens with one attached hydrogen (secondary N) is 1. The van der Waals surface area contributed by atoms with Gasteiger partial charge in [-0.1, -0.05) is 12.1 Å². The van der Waals surface area contributed by atoms with Crippen LogP contribution in [0.4, 0.5) is 17.3 Å². The number of aromatic nitrogens is 2. The average Bonchev–Trinajstić information content (AvgIpc) is 2.94. The molecule has 5 heteroatoms. The van der Waals surface area contributed by atoms with Gasteiger partial charge < -0.3 is 11.1 Å². The lowest BCUT2D eigenvalue weighted by atomic mass is 10.3. The van der Waals surface area contributed by atoms with E-state index in [1.54, 1.807) is 11.3 Å². The predicted molar refractivity (Wildman–Crippen MR) is 79.5 cm³/mol. The maximum absolute atomic E-state index is 5.72. The summed E-state index contributed by atoms with van der Waals surface area (Å²) in [6.45, 7) is 0. The number of rotatable bonds is 3. The third kappa shape index (κ3) is 2.71. The predicted octanol–water partition coefficient (Wildman–Crippen LogP) is 3.53. The summed E-state index contributed by atoms with van der Waals surface area (Å²) >= 11 is 1.67. The molecule has 0 saturated heterocycles. The number of anilines is 3. The second-order valence-electron chi connectivity index (χ2n) is 4.02. The van der Waals surface area contributed by atoms with E-state index in [2.05, 4.69) is 15.3 Å². The largest absolute Gasteiger partial charge is 0.399 e. The molecule has 3 rings (SSSR count). The van der Waals surface area contributed by atoms with E-state index in [-0.39, 0.29) is 0 Å². The van der Waals surface area contributed by atoms with E-state index in [0.717, 1.165) is 16.1 Å². The van der Waals surface area contributed by atoms with E-state index < -0.39 is 0 Å². The minimum absolute atomic E-state index is 0.561. The van der Waals surface area contributed by atoms with Crippen LogP contribution in [0.5, 0.6) is 0 Å². The van der Waals surface area contributed by atoms with Gasteiger partial charge in [0.2, 0.25) is 5.95 Å². The van der Waals surface area contributed by atoms with Gasteiger partial charge in [0, 0.05) is 34.2 Å². The van der Waals surface area contributed by atoms with Crippen molar-refractivity contribution in [3.05, 3.63) is 54.2 Å². The third-order valence-electron chi connectivity index (χ3n) is 2.60. The lowest BCUT2D eigenvalue weighted by Crippen LogP contribution is -1.97. The highest BCUT2D eigenvalue weighted by Gasteiger charge is 2.01. The monoisotopic (exact) mass is 268 g/mol. The fourth-order valence-corrected chi connectivity index (χ4v) is 2.41. The number of hydrogen-bond acceptors (Lipinski definition) is 5. The molecule has 1 aromatic carbocycles. The number of hydrogen-bond donors (Lipinski definition) is 2. The van der Waals surface area contributed by atoms with Crippen LogP contribution in [0.15, 0.2) is 54.2 Å². The van der Waals surface area contributed by atoms with Crippen LogP contribution in [0, 0.1) is 0 Å². The molecule has 0 bridgehead atoms. The standard InChI is InChI=1S/C14H12N4S/c15-11-3-1-4-12(7-11)18-14-16-8-10(9-17-14)13-5-2-6-19-13/h1-9H,15H2,(H,16,17,18). The number of benzene rings is 1. The van der Waals surface area contributed by atoms with E-state index in [1.807, 2.05) is 54.2 Å². The van der Waals surface area contributed by atoms with Crippen LogP contribution in [-0.2, 0) is 0 Å². The lowest BCUT2D eigenvalue weighted by molar-refractivity contribution is 1.17. The Kier molecular flexibility index (Phi) is 3.12.